The van der Waals surface area contributed by atoms with Gasteiger partial charge in [0.05, 0.1) is 6.61 Å². The zero-order chi connectivity index (χ0) is 37.1. The highest BCUT2D eigenvalue weighted by molar-refractivity contribution is 5.70. The Morgan fingerprint density at radius 2 is 0.784 bits per heavy atom. The van der Waals surface area contributed by atoms with Crippen molar-refractivity contribution in [3.63, 3.8) is 0 Å². The molecule has 0 bridgehead atoms. The lowest BCUT2D eigenvalue weighted by molar-refractivity contribution is -0.161. The molecule has 0 aromatic rings. The molecule has 1 N–H and O–H groups in total. The summed E-state index contributed by atoms with van der Waals surface area (Å²) in [6.45, 7) is 4.13. The van der Waals surface area contributed by atoms with Crippen LogP contribution in [-0.4, -0.2) is 36.4 Å². The molecule has 1 unspecified atom stereocenters. The molecule has 0 aromatic heterocycles. The summed E-state index contributed by atoms with van der Waals surface area (Å²) < 4.78 is 10.6. The predicted molar refractivity (Wildman–Crippen MR) is 219 cm³/mol. The summed E-state index contributed by atoms with van der Waals surface area (Å²) in [4.78, 5) is 24.2. The minimum Gasteiger partial charge on any atom is -0.462 e. The Bertz CT molecular complexity index is 776. The summed E-state index contributed by atoms with van der Waals surface area (Å²) in [7, 11) is 0. The number of hydrogen-bond acceptors (Lipinski definition) is 5. The molecular weight excluding hydrogens is 633 g/mol. The molecule has 0 saturated heterocycles. The molecule has 0 aromatic carbocycles. The number of unbranched alkanes of at least 4 members (excludes halogenated alkanes) is 29. The van der Waals surface area contributed by atoms with E-state index < -0.39 is 6.10 Å². The summed E-state index contributed by atoms with van der Waals surface area (Å²) in [5.41, 5.74) is 0. The highest BCUT2D eigenvalue weighted by atomic mass is 16.6. The molecule has 51 heavy (non-hydrogen) atoms. The van der Waals surface area contributed by atoms with E-state index in [1.165, 1.54) is 167 Å². The monoisotopic (exact) mass is 719 g/mol. The van der Waals surface area contributed by atoms with Crippen LogP contribution in [-0.2, 0) is 19.1 Å². The molecule has 0 amide bonds. The Morgan fingerprint density at radius 1 is 0.451 bits per heavy atom. The molecule has 0 aliphatic rings. The third-order valence-corrected chi connectivity index (χ3v) is 10.00. The van der Waals surface area contributed by atoms with Crippen LogP contribution < -0.4 is 0 Å². The van der Waals surface area contributed by atoms with E-state index in [1.807, 2.05) is 0 Å². The minimum atomic E-state index is -0.765. The van der Waals surface area contributed by atoms with Crippen molar-refractivity contribution < 1.29 is 24.2 Å². The fraction of sp³-hybridized carbons (Fsp3) is 0.870. The van der Waals surface area contributed by atoms with E-state index in [4.69, 9.17) is 9.47 Å². The second kappa shape index (κ2) is 42.8. The fourth-order valence-electron chi connectivity index (χ4n) is 6.59. The molecule has 5 nitrogen and oxygen atoms in total. The highest BCUT2D eigenvalue weighted by Gasteiger charge is 2.16. The van der Waals surface area contributed by atoms with Crippen molar-refractivity contribution in [2.24, 2.45) is 0 Å². The first-order valence-corrected chi connectivity index (χ1v) is 22.4. The predicted octanol–water partition coefficient (Wildman–Crippen LogP) is 14.2. The Morgan fingerprint density at radius 3 is 1.16 bits per heavy atom. The second-order valence-corrected chi connectivity index (χ2v) is 15.1. The molecule has 0 aliphatic heterocycles. The van der Waals surface area contributed by atoms with Gasteiger partial charge in [0.15, 0.2) is 6.10 Å². The van der Waals surface area contributed by atoms with E-state index in [0.717, 1.165) is 44.9 Å². The molecule has 0 saturated carbocycles. The largest absolute Gasteiger partial charge is 0.462 e. The van der Waals surface area contributed by atoms with Gasteiger partial charge >= 0.3 is 11.9 Å². The highest BCUT2D eigenvalue weighted by Crippen LogP contribution is 2.15. The van der Waals surface area contributed by atoms with Crippen LogP contribution in [0.2, 0.25) is 0 Å². The smallest absolute Gasteiger partial charge is 0.306 e. The topological polar surface area (TPSA) is 72.8 Å². The number of aliphatic hydroxyl groups is 1. The van der Waals surface area contributed by atoms with Gasteiger partial charge in [0.2, 0.25) is 0 Å². The van der Waals surface area contributed by atoms with Crippen LogP contribution >= 0.6 is 0 Å². The summed E-state index contributed by atoms with van der Waals surface area (Å²) >= 11 is 0. The lowest BCUT2D eigenvalue weighted by Crippen LogP contribution is -2.28. The van der Waals surface area contributed by atoms with E-state index in [9.17, 15) is 14.7 Å². The Labute approximate surface area is 317 Å². The van der Waals surface area contributed by atoms with Gasteiger partial charge in [-0.15, -0.1) is 0 Å². The van der Waals surface area contributed by atoms with Crippen molar-refractivity contribution >= 4 is 11.9 Å². The molecule has 0 rings (SSSR count). The van der Waals surface area contributed by atoms with Crippen LogP contribution in [0.4, 0.5) is 0 Å². The van der Waals surface area contributed by atoms with Gasteiger partial charge in [-0.25, -0.2) is 0 Å². The third kappa shape index (κ3) is 41.0. The maximum atomic E-state index is 12.2. The number of carbonyl (C=O) groups excluding carboxylic acids is 2. The number of hydrogen-bond donors (Lipinski definition) is 1. The van der Waals surface area contributed by atoms with Crippen LogP contribution in [0.25, 0.3) is 0 Å². The van der Waals surface area contributed by atoms with Crippen molar-refractivity contribution in [3.8, 4) is 0 Å². The summed E-state index contributed by atoms with van der Waals surface area (Å²) in [6, 6.07) is 0. The summed E-state index contributed by atoms with van der Waals surface area (Å²) in [6.07, 6.45) is 51.2. The minimum absolute atomic E-state index is 0.0607. The van der Waals surface area contributed by atoms with Gasteiger partial charge in [-0.2, -0.15) is 0 Å². The van der Waals surface area contributed by atoms with Crippen molar-refractivity contribution in [2.45, 2.75) is 245 Å². The SMILES string of the molecule is CCCCCCC/C=C\C/C=C\CCCCCCCCCCCCCCCCCC(=O)OC(CO)COC(=O)CCCCCCCCCCCC. The van der Waals surface area contributed by atoms with Gasteiger partial charge in [-0.05, 0) is 44.9 Å². The van der Waals surface area contributed by atoms with Gasteiger partial charge in [0, 0.05) is 12.8 Å². The van der Waals surface area contributed by atoms with Gasteiger partial charge in [0.25, 0.3) is 0 Å². The fourth-order valence-corrected chi connectivity index (χ4v) is 6.59. The first-order valence-electron chi connectivity index (χ1n) is 22.4. The lowest BCUT2D eigenvalue weighted by atomic mass is 10.0. The standard InChI is InChI=1S/C46H86O5/c1-3-5-7-9-11-13-15-16-17-18-19-20-21-22-23-24-25-26-27-28-29-30-31-33-35-37-39-41-46(49)51-44(42-47)43-50-45(48)40-38-36-34-32-14-12-10-8-6-4-2/h15-16,18-19,44,47H,3-14,17,20-43H2,1-2H3/b16-15-,19-18-. The zero-order valence-corrected chi connectivity index (χ0v) is 34.1. The van der Waals surface area contributed by atoms with Crippen molar-refractivity contribution in [1.29, 1.82) is 0 Å². The average Bonchev–Trinajstić information content (AvgIpc) is 3.13. The van der Waals surface area contributed by atoms with Crippen molar-refractivity contribution in [1.82, 2.24) is 0 Å². The van der Waals surface area contributed by atoms with E-state index >= 15 is 0 Å². The number of rotatable bonds is 41. The summed E-state index contributed by atoms with van der Waals surface area (Å²) in [5.74, 6) is -0.583. The summed E-state index contributed by atoms with van der Waals surface area (Å²) in [5, 5.41) is 9.55. The molecule has 300 valence electrons. The molecule has 0 spiro atoms. The number of ether oxygens (including phenoxy) is 2. The quantitative estimate of drug-likeness (QED) is 0.0387. The van der Waals surface area contributed by atoms with Crippen LogP contribution in [0.5, 0.6) is 0 Å². The third-order valence-electron chi connectivity index (χ3n) is 10.00. The number of aliphatic hydroxyl groups excluding tert-OH is 1. The molecule has 0 aliphatic carbocycles. The normalized spacial score (nSPS) is 12.3. The number of carbonyl (C=O) groups is 2. The molecule has 0 radical (unpaired) electrons. The van der Waals surface area contributed by atoms with Gasteiger partial charge in [-0.1, -0.05) is 205 Å². The van der Waals surface area contributed by atoms with E-state index in [2.05, 4.69) is 38.2 Å². The lowest BCUT2D eigenvalue weighted by Gasteiger charge is -2.15. The average molecular weight is 719 g/mol. The van der Waals surface area contributed by atoms with Gasteiger partial charge < -0.3 is 14.6 Å². The molecule has 1 atom stereocenters. The van der Waals surface area contributed by atoms with Crippen molar-refractivity contribution in [3.05, 3.63) is 24.3 Å². The first-order chi connectivity index (χ1) is 25.1. The Hall–Kier alpha value is -1.62. The second-order valence-electron chi connectivity index (χ2n) is 15.1. The molecule has 0 heterocycles. The number of esters is 2. The molecular formula is C46H86O5. The number of allylic oxidation sites excluding steroid dienone is 4. The Balaban J connectivity index is 3.44. The van der Waals surface area contributed by atoms with Crippen LogP contribution in [0.15, 0.2) is 24.3 Å². The van der Waals surface area contributed by atoms with E-state index in [-0.39, 0.29) is 25.2 Å². The van der Waals surface area contributed by atoms with Crippen molar-refractivity contribution in [2.75, 3.05) is 13.2 Å². The van der Waals surface area contributed by atoms with Gasteiger partial charge in [0.1, 0.15) is 6.61 Å². The van der Waals surface area contributed by atoms with Crippen LogP contribution in [0.3, 0.4) is 0 Å². The Kier molecular flexibility index (Phi) is 41.4. The van der Waals surface area contributed by atoms with Crippen LogP contribution in [0, 0.1) is 0 Å². The maximum absolute atomic E-state index is 12.2. The molecule has 5 heteroatoms. The zero-order valence-electron chi connectivity index (χ0n) is 34.1. The maximum Gasteiger partial charge on any atom is 0.306 e. The van der Waals surface area contributed by atoms with E-state index in [1.54, 1.807) is 0 Å². The first kappa shape index (κ1) is 49.4. The van der Waals surface area contributed by atoms with E-state index in [0.29, 0.717) is 12.8 Å². The molecule has 0 fully saturated rings. The van der Waals surface area contributed by atoms with Gasteiger partial charge in [-0.3, -0.25) is 9.59 Å². The van der Waals surface area contributed by atoms with Crippen LogP contribution in [0.1, 0.15) is 239 Å².